The van der Waals surface area contributed by atoms with Crippen LogP contribution in [0.2, 0.25) is 0 Å². The molecule has 0 fully saturated rings. The van der Waals surface area contributed by atoms with Gasteiger partial charge in [0.1, 0.15) is 0 Å². The van der Waals surface area contributed by atoms with Gasteiger partial charge in [-0.05, 0) is 5.56 Å². The molecule has 1 aromatic carbocycles. The van der Waals surface area contributed by atoms with E-state index in [0.29, 0.717) is 0 Å². The number of hydrogen-bond donors (Lipinski definition) is 0. The molecule has 1 nitrogen and oxygen atoms in total. The first-order chi connectivity index (χ1) is 6.95. The summed E-state index contributed by atoms with van der Waals surface area (Å²) in [5.74, 6) is 0. The molecule has 0 spiro atoms. The number of nitrogens with zero attached hydrogens (tertiary/aromatic N) is 1. The van der Waals surface area contributed by atoms with Crippen molar-refractivity contribution in [2.24, 2.45) is 0 Å². The van der Waals surface area contributed by atoms with Crippen LogP contribution in [0.15, 0.2) is 60.9 Å². The van der Waals surface area contributed by atoms with Gasteiger partial charge in [-0.2, -0.15) is 4.57 Å². The van der Waals surface area contributed by atoms with Crippen molar-refractivity contribution in [2.45, 2.75) is 0 Å². The van der Waals surface area contributed by atoms with Gasteiger partial charge in [-0.1, -0.05) is 36.4 Å². The van der Waals surface area contributed by atoms with Gasteiger partial charge in [-0.25, -0.2) is 0 Å². The van der Waals surface area contributed by atoms with E-state index < -0.39 is 0 Å². The van der Waals surface area contributed by atoms with Crippen molar-refractivity contribution in [3.05, 3.63) is 66.5 Å². The van der Waals surface area contributed by atoms with Gasteiger partial charge in [0.25, 0.3) is 0 Å². The van der Waals surface area contributed by atoms with Crippen molar-refractivity contribution < 1.29 is 4.57 Å². The Morgan fingerprint density at radius 3 is 2.14 bits per heavy atom. The van der Waals surface area contributed by atoms with Crippen LogP contribution >= 0.6 is 0 Å². The summed E-state index contributed by atoms with van der Waals surface area (Å²) in [4.78, 5) is 0. The second-order valence-electron chi connectivity index (χ2n) is 3.05. The molecule has 68 valence electrons. The van der Waals surface area contributed by atoms with Gasteiger partial charge >= 0.3 is 0 Å². The molecular formula is C13H12N+. The number of aromatic nitrogens is 1. The van der Waals surface area contributed by atoms with E-state index in [1.165, 1.54) is 5.56 Å². The summed E-state index contributed by atoms with van der Waals surface area (Å²) in [6, 6.07) is 16.3. The van der Waals surface area contributed by atoms with Gasteiger partial charge in [-0.3, -0.25) is 0 Å². The molecule has 1 heterocycles. The van der Waals surface area contributed by atoms with E-state index in [9.17, 15) is 0 Å². The molecule has 0 unspecified atom stereocenters. The quantitative estimate of drug-likeness (QED) is 0.628. The van der Waals surface area contributed by atoms with Crippen molar-refractivity contribution in [2.75, 3.05) is 0 Å². The van der Waals surface area contributed by atoms with Crippen LogP contribution in [0.3, 0.4) is 0 Å². The van der Waals surface area contributed by atoms with Crippen molar-refractivity contribution >= 4 is 12.3 Å². The smallest absolute Gasteiger partial charge is 0.174 e. The molecule has 0 aliphatic carbocycles. The third-order valence-corrected chi connectivity index (χ3v) is 1.98. The Morgan fingerprint density at radius 1 is 0.786 bits per heavy atom. The van der Waals surface area contributed by atoms with Crippen LogP contribution in [0.4, 0.5) is 0 Å². The van der Waals surface area contributed by atoms with Crippen molar-refractivity contribution in [3.63, 3.8) is 0 Å². The Hall–Kier alpha value is -1.89. The normalized spacial score (nSPS) is 10.6. The number of rotatable bonds is 2. The molecule has 0 aliphatic heterocycles. The summed E-state index contributed by atoms with van der Waals surface area (Å²) in [5.41, 5.74) is 1.21. The van der Waals surface area contributed by atoms with Crippen LogP contribution in [0, 0.1) is 0 Å². The minimum absolute atomic E-state index is 1.21. The summed E-state index contributed by atoms with van der Waals surface area (Å²) in [7, 11) is 0. The number of pyridine rings is 1. The summed E-state index contributed by atoms with van der Waals surface area (Å²) in [6.45, 7) is 0. The topological polar surface area (TPSA) is 3.88 Å². The molecule has 0 N–H and O–H groups in total. The predicted molar refractivity (Wildman–Crippen MR) is 58.3 cm³/mol. The first-order valence-corrected chi connectivity index (χ1v) is 4.64. The van der Waals surface area contributed by atoms with E-state index in [1.54, 1.807) is 0 Å². The molecule has 2 rings (SSSR count). The van der Waals surface area contributed by atoms with Gasteiger partial charge in [0.05, 0.1) is 0 Å². The Morgan fingerprint density at radius 2 is 1.43 bits per heavy atom. The van der Waals surface area contributed by atoms with Crippen LogP contribution < -0.4 is 4.57 Å². The zero-order valence-corrected chi connectivity index (χ0v) is 7.88. The molecule has 0 aliphatic rings. The maximum Gasteiger partial charge on any atom is 0.175 e. The van der Waals surface area contributed by atoms with Gasteiger partial charge in [0.15, 0.2) is 18.6 Å². The highest BCUT2D eigenvalue weighted by Gasteiger charge is 1.89. The summed E-state index contributed by atoms with van der Waals surface area (Å²) in [5, 5.41) is 0. The highest BCUT2D eigenvalue weighted by atomic mass is 14.9. The lowest BCUT2D eigenvalue weighted by molar-refractivity contribution is -0.567. The van der Waals surface area contributed by atoms with Gasteiger partial charge in [0.2, 0.25) is 0 Å². The minimum Gasteiger partial charge on any atom is -0.174 e. The molecule has 14 heavy (non-hydrogen) atoms. The van der Waals surface area contributed by atoms with Crippen LogP contribution in [-0.2, 0) is 0 Å². The van der Waals surface area contributed by atoms with E-state index in [4.69, 9.17) is 0 Å². The molecule has 0 bridgehead atoms. The van der Waals surface area contributed by atoms with E-state index in [0.717, 1.165) is 0 Å². The van der Waals surface area contributed by atoms with Gasteiger partial charge in [-0.15, -0.1) is 0 Å². The Bertz CT molecular complexity index is 362. The lowest BCUT2D eigenvalue weighted by Gasteiger charge is -1.88. The first kappa shape index (κ1) is 8.70. The second kappa shape index (κ2) is 4.38. The number of benzene rings is 1. The molecular weight excluding hydrogens is 170 g/mol. The number of hydrogen-bond acceptors (Lipinski definition) is 0. The van der Waals surface area contributed by atoms with Gasteiger partial charge in [0, 0.05) is 18.2 Å². The summed E-state index contributed by atoms with van der Waals surface area (Å²) in [6.07, 6.45) is 8.15. The molecule has 0 atom stereocenters. The average Bonchev–Trinajstić information content (AvgIpc) is 2.29. The van der Waals surface area contributed by atoms with Crippen molar-refractivity contribution in [1.82, 2.24) is 0 Å². The Labute approximate surface area is 84.0 Å². The van der Waals surface area contributed by atoms with Crippen LogP contribution in [0.5, 0.6) is 0 Å². The predicted octanol–water partition coefficient (Wildman–Crippen LogP) is 2.60. The monoisotopic (exact) mass is 182 g/mol. The molecule has 0 amide bonds. The maximum atomic E-state index is 2.08. The molecule has 1 aromatic heterocycles. The largest absolute Gasteiger partial charge is 0.175 e. The Balaban J connectivity index is 2.16. The molecule has 1 heteroatoms. The van der Waals surface area contributed by atoms with E-state index >= 15 is 0 Å². The maximum absolute atomic E-state index is 2.08. The fraction of sp³-hybridized carbons (Fsp3) is 0. The third kappa shape index (κ3) is 2.30. The zero-order chi connectivity index (χ0) is 9.64. The highest BCUT2D eigenvalue weighted by Crippen LogP contribution is 1.99. The third-order valence-electron chi connectivity index (χ3n) is 1.98. The van der Waals surface area contributed by atoms with Crippen LogP contribution in [0.1, 0.15) is 5.56 Å². The highest BCUT2D eigenvalue weighted by molar-refractivity contribution is 5.56. The average molecular weight is 182 g/mol. The Kier molecular flexibility index (Phi) is 2.72. The standard InChI is InChI=1S/C13H12N/c1-3-7-13(8-4-1)9-12-14-10-5-2-6-11-14/h1-12H/q+1. The molecule has 0 radical (unpaired) electrons. The van der Waals surface area contributed by atoms with Crippen molar-refractivity contribution in [3.8, 4) is 0 Å². The zero-order valence-electron chi connectivity index (χ0n) is 7.88. The lowest BCUT2D eigenvalue weighted by Crippen LogP contribution is -2.23. The lowest BCUT2D eigenvalue weighted by atomic mass is 10.2. The van der Waals surface area contributed by atoms with E-state index in [2.05, 4.69) is 18.2 Å². The minimum atomic E-state index is 1.21. The van der Waals surface area contributed by atoms with Crippen LogP contribution in [-0.4, -0.2) is 0 Å². The van der Waals surface area contributed by atoms with E-state index in [-0.39, 0.29) is 0 Å². The summed E-state index contributed by atoms with van der Waals surface area (Å²) >= 11 is 0. The molecule has 0 saturated carbocycles. The SMILES string of the molecule is C(=C[n+]1ccccc1)c1ccccc1. The van der Waals surface area contributed by atoms with Crippen molar-refractivity contribution in [1.29, 1.82) is 0 Å². The second-order valence-corrected chi connectivity index (χ2v) is 3.05. The van der Waals surface area contributed by atoms with Crippen LogP contribution in [0.25, 0.3) is 12.3 Å². The van der Waals surface area contributed by atoms with Gasteiger partial charge < -0.3 is 0 Å². The molecule has 2 aromatic rings. The fourth-order valence-electron chi connectivity index (χ4n) is 1.25. The summed E-state index contributed by atoms with van der Waals surface area (Å²) < 4.78 is 2.02. The van der Waals surface area contributed by atoms with E-state index in [1.807, 2.05) is 59.6 Å². The first-order valence-electron chi connectivity index (χ1n) is 4.64. The molecule has 0 saturated heterocycles. The fourth-order valence-corrected chi connectivity index (χ4v) is 1.25.